The molecule has 0 unspecified atom stereocenters. The van der Waals surface area contributed by atoms with Gasteiger partial charge in [0.1, 0.15) is 17.3 Å². The van der Waals surface area contributed by atoms with Gasteiger partial charge in [-0.3, -0.25) is 4.68 Å². The van der Waals surface area contributed by atoms with Gasteiger partial charge in [-0.25, -0.2) is 21.6 Å². The summed E-state index contributed by atoms with van der Waals surface area (Å²) in [7, 11) is -3.36. The Kier molecular flexibility index (Phi) is 4.68. The van der Waals surface area contributed by atoms with E-state index in [1.807, 2.05) is 0 Å². The highest BCUT2D eigenvalue weighted by atomic mass is 32.2. The Hall–Kier alpha value is -2.36. The number of hydrogen-bond donors (Lipinski definition) is 0. The van der Waals surface area contributed by atoms with Gasteiger partial charge < -0.3 is 4.84 Å². The lowest BCUT2D eigenvalue weighted by Crippen LogP contribution is -2.35. The van der Waals surface area contributed by atoms with E-state index in [9.17, 15) is 17.2 Å². The van der Waals surface area contributed by atoms with Gasteiger partial charge in [0.05, 0.1) is 29.3 Å². The molecule has 1 aromatic carbocycles. The molecule has 0 bridgehead atoms. The first kappa shape index (κ1) is 19.0. The molecule has 3 heterocycles. The number of alkyl halides is 1. The first-order valence-corrected chi connectivity index (χ1v) is 10.7. The van der Waals surface area contributed by atoms with Gasteiger partial charge in [-0.2, -0.15) is 5.10 Å². The largest absolute Gasteiger partial charge is 0.390 e. The standard InChI is InChI=1S/C18H18F3N3O3S/c19-14-8-12(16-10-13(27-23-16)11-24-5-1-4-22-24)9-15(20)17(14)18(21)2-6-28(25,26)7-3-18/h1,4-5,8-9,13H,2-3,6-7,10-11H2/t13-/m1/s1. The Morgan fingerprint density at radius 3 is 2.50 bits per heavy atom. The molecule has 150 valence electrons. The molecule has 10 heteroatoms. The Bertz CT molecular complexity index is 985. The predicted molar refractivity (Wildman–Crippen MR) is 95.3 cm³/mol. The number of oxime groups is 1. The van der Waals surface area contributed by atoms with Crippen LogP contribution in [-0.2, 0) is 26.9 Å². The molecule has 1 aromatic heterocycles. The van der Waals surface area contributed by atoms with Crippen LogP contribution in [0.5, 0.6) is 0 Å². The van der Waals surface area contributed by atoms with Crippen LogP contribution in [0.2, 0.25) is 0 Å². The van der Waals surface area contributed by atoms with Gasteiger partial charge in [0.15, 0.2) is 15.9 Å². The molecule has 1 saturated heterocycles. The van der Waals surface area contributed by atoms with Crippen molar-refractivity contribution in [2.45, 2.75) is 37.6 Å². The number of hydrogen-bond acceptors (Lipinski definition) is 5. The third-order valence-electron chi connectivity index (χ3n) is 5.12. The van der Waals surface area contributed by atoms with Crippen molar-refractivity contribution >= 4 is 15.5 Å². The molecule has 2 aliphatic rings. The van der Waals surface area contributed by atoms with Gasteiger partial charge in [0.2, 0.25) is 0 Å². The van der Waals surface area contributed by atoms with E-state index in [1.54, 1.807) is 23.1 Å². The molecule has 6 nitrogen and oxygen atoms in total. The quantitative estimate of drug-likeness (QED) is 0.773. The first-order valence-electron chi connectivity index (χ1n) is 8.85. The van der Waals surface area contributed by atoms with E-state index in [2.05, 4.69) is 10.3 Å². The maximum Gasteiger partial charge on any atom is 0.152 e. The van der Waals surface area contributed by atoms with Gasteiger partial charge >= 0.3 is 0 Å². The average molecular weight is 413 g/mol. The van der Waals surface area contributed by atoms with Crippen LogP contribution in [0.3, 0.4) is 0 Å². The minimum atomic E-state index is -3.36. The predicted octanol–water partition coefficient (Wildman–Crippen LogP) is 2.73. The van der Waals surface area contributed by atoms with Gasteiger partial charge in [-0.15, -0.1) is 0 Å². The average Bonchev–Trinajstić information content (AvgIpc) is 3.30. The van der Waals surface area contributed by atoms with Crippen LogP contribution >= 0.6 is 0 Å². The maximum absolute atomic E-state index is 15.1. The van der Waals surface area contributed by atoms with Crippen molar-refractivity contribution in [3.63, 3.8) is 0 Å². The molecule has 0 amide bonds. The lowest BCUT2D eigenvalue weighted by molar-refractivity contribution is 0.0698. The molecule has 28 heavy (non-hydrogen) atoms. The normalized spacial score (nSPS) is 23.2. The van der Waals surface area contributed by atoms with Crippen LogP contribution in [-0.4, -0.2) is 41.5 Å². The van der Waals surface area contributed by atoms with Crippen LogP contribution in [0.4, 0.5) is 13.2 Å². The van der Waals surface area contributed by atoms with Crippen LogP contribution in [0.25, 0.3) is 0 Å². The molecular weight excluding hydrogens is 395 g/mol. The van der Waals surface area contributed by atoms with Crippen LogP contribution in [0.1, 0.15) is 30.4 Å². The molecule has 0 N–H and O–H groups in total. The van der Waals surface area contributed by atoms with E-state index >= 15 is 4.39 Å². The van der Waals surface area contributed by atoms with Crippen LogP contribution < -0.4 is 0 Å². The molecule has 1 atom stereocenters. The van der Waals surface area contributed by atoms with Crippen molar-refractivity contribution in [1.82, 2.24) is 9.78 Å². The molecule has 0 saturated carbocycles. The van der Waals surface area contributed by atoms with Gasteiger partial charge in [-0.1, -0.05) is 5.16 Å². The minimum Gasteiger partial charge on any atom is -0.390 e. The molecular formula is C18H18F3N3O3S. The topological polar surface area (TPSA) is 73.6 Å². The first-order chi connectivity index (χ1) is 13.3. The van der Waals surface area contributed by atoms with Crippen molar-refractivity contribution in [3.8, 4) is 0 Å². The van der Waals surface area contributed by atoms with Crippen LogP contribution in [0.15, 0.2) is 35.7 Å². The van der Waals surface area contributed by atoms with E-state index in [4.69, 9.17) is 4.84 Å². The van der Waals surface area contributed by atoms with Crippen molar-refractivity contribution in [3.05, 3.63) is 53.4 Å². The SMILES string of the molecule is O=S1(=O)CCC(F)(c2c(F)cc(C3=NO[C@@H](Cn4cccn4)C3)cc2F)CC1. The molecule has 1 fully saturated rings. The molecule has 0 spiro atoms. The number of nitrogens with zero attached hydrogens (tertiary/aromatic N) is 3. The summed E-state index contributed by atoms with van der Waals surface area (Å²) < 4.78 is 69.2. The summed E-state index contributed by atoms with van der Waals surface area (Å²) in [6.07, 6.45) is 2.48. The fraction of sp³-hybridized carbons (Fsp3) is 0.444. The third kappa shape index (κ3) is 3.65. The summed E-state index contributed by atoms with van der Waals surface area (Å²) >= 11 is 0. The number of rotatable bonds is 4. The highest BCUT2D eigenvalue weighted by Gasteiger charge is 2.43. The molecule has 0 radical (unpaired) electrons. The zero-order chi connectivity index (χ0) is 19.9. The number of aromatic nitrogens is 2. The molecule has 4 rings (SSSR count). The Labute approximate surface area is 159 Å². The Balaban J connectivity index is 1.53. The van der Waals surface area contributed by atoms with Crippen molar-refractivity contribution < 1.29 is 26.4 Å². The van der Waals surface area contributed by atoms with Gasteiger partial charge in [-0.05, 0) is 31.0 Å². The summed E-state index contributed by atoms with van der Waals surface area (Å²) in [4.78, 5) is 5.30. The fourth-order valence-electron chi connectivity index (χ4n) is 3.59. The van der Waals surface area contributed by atoms with Crippen molar-refractivity contribution in [1.29, 1.82) is 0 Å². The highest BCUT2D eigenvalue weighted by molar-refractivity contribution is 7.91. The van der Waals surface area contributed by atoms with E-state index in [0.29, 0.717) is 18.7 Å². The van der Waals surface area contributed by atoms with Crippen molar-refractivity contribution in [2.75, 3.05) is 11.5 Å². The summed E-state index contributed by atoms with van der Waals surface area (Å²) in [5.41, 5.74) is -2.51. The number of halogens is 3. The van der Waals surface area contributed by atoms with E-state index in [0.717, 1.165) is 12.1 Å². The monoisotopic (exact) mass is 413 g/mol. The second-order valence-electron chi connectivity index (χ2n) is 7.13. The summed E-state index contributed by atoms with van der Waals surface area (Å²) in [6.45, 7) is 0.436. The Morgan fingerprint density at radius 1 is 1.21 bits per heavy atom. The molecule has 0 aliphatic carbocycles. The minimum absolute atomic E-state index is 0.175. The smallest absolute Gasteiger partial charge is 0.152 e. The van der Waals surface area contributed by atoms with Crippen LogP contribution in [0, 0.1) is 11.6 Å². The second kappa shape index (κ2) is 6.91. The second-order valence-corrected chi connectivity index (χ2v) is 9.43. The zero-order valence-corrected chi connectivity index (χ0v) is 15.6. The fourth-order valence-corrected chi connectivity index (χ4v) is 5.07. The third-order valence-corrected chi connectivity index (χ3v) is 6.78. The maximum atomic E-state index is 15.1. The number of benzene rings is 1. The summed E-state index contributed by atoms with van der Waals surface area (Å²) in [5, 5.41) is 7.97. The lowest BCUT2D eigenvalue weighted by atomic mass is 9.87. The Morgan fingerprint density at radius 2 is 1.89 bits per heavy atom. The van der Waals surface area contributed by atoms with E-state index < -0.39 is 57.1 Å². The van der Waals surface area contributed by atoms with E-state index in [-0.39, 0.29) is 11.7 Å². The van der Waals surface area contributed by atoms with E-state index in [1.165, 1.54) is 0 Å². The zero-order valence-electron chi connectivity index (χ0n) is 14.8. The lowest BCUT2D eigenvalue weighted by Gasteiger charge is -2.30. The number of sulfone groups is 1. The van der Waals surface area contributed by atoms with Gasteiger partial charge in [0.25, 0.3) is 0 Å². The summed E-state index contributed by atoms with van der Waals surface area (Å²) in [6, 6.07) is 3.83. The molecule has 2 aromatic rings. The van der Waals surface area contributed by atoms with Crippen molar-refractivity contribution in [2.24, 2.45) is 5.16 Å². The molecule has 2 aliphatic heterocycles. The van der Waals surface area contributed by atoms with Gasteiger partial charge in [0, 0.05) is 24.4 Å². The highest BCUT2D eigenvalue weighted by Crippen LogP contribution is 2.41. The summed E-state index contributed by atoms with van der Waals surface area (Å²) in [5.74, 6) is -2.95.